The number of nitrogens with two attached hydrogens (primary N) is 1. The summed E-state index contributed by atoms with van der Waals surface area (Å²) in [6.45, 7) is 1.62. The molecule has 1 aromatic carbocycles. The molecule has 1 aliphatic heterocycles. The smallest absolute Gasteiger partial charge is 0.396 e. The van der Waals surface area contributed by atoms with Crippen LogP contribution in [0.15, 0.2) is 12.1 Å². The first-order valence-electron chi connectivity index (χ1n) is 5.81. The quantitative estimate of drug-likeness (QED) is 0.789. The maximum atomic E-state index is 12.6. The van der Waals surface area contributed by atoms with Crippen LogP contribution in [0.4, 0.5) is 24.5 Å². The summed E-state index contributed by atoms with van der Waals surface area (Å²) in [4.78, 5) is 1.99. The number of rotatable bonds is 1. The first-order chi connectivity index (χ1) is 8.41. The molecule has 1 aliphatic rings. The molecule has 0 radical (unpaired) electrons. The number of nitrogen functional groups attached to an aromatic ring is 1. The maximum absolute atomic E-state index is 12.6. The van der Waals surface area contributed by atoms with Crippen molar-refractivity contribution in [3.05, 3.63) is 22.7 Å². The number of hydrogen-bond donors (Lipinski definition) is 1. The summed E-state index contributed by atoms with van der Waals surface area (Å²) in [6.07, 6.45) is -1.27. The molecule has 1 heterocycles. The first kappa shape index (κ1) is 13.3. The Morgan fingerprint density at radius 2 is 1.72 bits per heavy atom. The van der Waals surface area contributed by atoms with Gasteiger partial charge in [0.15, 0.2) is 0 Å². The Bertz CT molecular complexity index is 440. The lowest BCUT2D eigenvalue weighted by atomic mass is 10.1. The highest BCUT2D eigenvalue weighted by atomic mass is 35.5. The largest absolute Gasteiger partial charge is 0.417 e. The molecule has 1 fully saturated rings. The number of piperidine rings is 1. The van der Waals surface area contributed by atoms with Crippen LogP contribution >= 0.6 is 11.6 Å². The lowest BCUT2D eigenvalue weighted by Gasteiger charge is -2.30. The number of benzene rings is 1. The minimum atomic E-state index is -4.47. The average Bonchev–Trinajstić information content (AvgIpc) is 2.32. The Balaban J connectivity index is 2.37. The van der Waals surface area contributed by atoms with Crippen LogP contribution in [0.25, 0.3) is 0 Å². The van der Waals surface area contributed by atoms with Crippen LogP contribution in [0.5, 0.6) is 0 Å². The van der Waals surface area contributed by atoms with Gasteiger partial charge in [0.1, 0.15) is 0 Å². The fourth-order valence-electron chi connectivity index (χ4n) is 2.21. The predicted octanol–water partition coefficient (Wildman–Crippen LogP) is 3.93. The van der Waals surface area contributed by atoms with E-state index in [9.17, 15) is 13.2 Å². The van der Waals surface area contributed by atoms with Crippen molar-refractivity contribution in [1.29, 1.82) is 0 Å². The van der Waals surface area contributed by atoms with E-state index in [1.54, 1.807) is 0 Å². The van der Waals surface area contributed by atoms with Crippen molar-refractivity contribution < 1.29 is 13.2 Å². The van der Waals surface area contributed by atoms with Crippen LogP contribution in [0.2, 0.25) is 5.02 Å². The van der Waals surface area contributed by atoms with E-state index >= 15 is 0 Å². The molecule has 0 atom stereocenters. The summed E-state index contributed by atoms with van der Waals surface area (Å²) in [5.74, 6) is 0. The second-order valence-electron chi connectivity index (χ2n) is 4.41. The third kappa shape index (κ3) is 2.51. The topological polar surface area (TPSA) is 29.3 Å². The van der Waals surface area contributed by atoms with E-state index in [1.807, 2.05) is 4.90 Å². The van der Waals surface area contributed by atoms with Crippen molar-refractivity contribution in [3.63, 3.8) is 0 Å². The summed E-state index contributed by atoms with van der Waals surface area (Å²) < 4.78 is 37.9. The number of alkyl halides is 3. The zero-order valence-electron chi connectivity index (χ0n) is 9.73. The highest BCUT2D eigenvalue weighted by Crippen LogP contribution is 2.41. The van der Waals surface area contributed by atoms with Gasteiger partial charge in [-0.05, 0) is 31.4 Å². The Hall–Kier alpha value is -1.10. The summed E-state index contributed by atoms with van der Waals surface area (Å²) in [6, 6.07) is 2.41. The fourth-order valence-corrected chi connectivity index (χ4v) is 2.48. The summed E-state index contributed by atoms with van der Waals surface area (Å²) in [5, 5.41) is -0.398. The average molecular weight is 279 g/mol. The van der Waals surface area contributed by atoms with Crippen LogP contribution in [-0.2, 0) is 6.18 Å². The number of hydrogen-bond acceptors (Lipinski definition) is 2. The van der Waals surface area contributed by atoms with Gasteiger partial charge in [-0.15, -0.1) is 0 Å². The van der Waals surface area contributed by atoms with E-state index in [0.717, 1.165) is 38.4 Å². The normalized spacial score (nSPS) is 17.0. The minimum absolute atomic E-state index is 0.0217. The molecule has 0 saturated carbocycles. The molecule has 0 amide bonds. The van der Waals surface area contributed by atoms with Gasteiger partial charge in [0.05, 0.1) is 22.0 Å². The lowest BCUT2D eigenvalue weighted by Crippen LogP contribution is -2.30. The Morgan fingerprint density at radius 3 is 2.28 bits per heavy atom. The molecule has 18 heavy (non-hydrogen) atoms. The van der Waals surface area contributed by atoms with Gasteiger partial charge >= 0.3 is 6.18 Å². The van der Waals surface area contributed by atoms with Gasteiger partial charge in [-0.2, -0.15) is 13.2 Å². The van der Waals surface area contributed by atoms with Gasteiger partial charge in [0, 0.05) is 13.1 Å². The SMILES string of the molecule is Nc1c(N2CCCCC2)ccc(C(F)(F)F)c1Cl. The summed E-state index contributed by atoms with van der Waals surface area (Å²) in [5.41, 5.74) is 5.49. The molecule has 0 bridgehead atoms. The van der Waals surface area contributed by atoms with Crippen molar-refractivity contribution >= 4 is 23.0 Å². The Kier molecular flexibility index (Phi) is 3.61. The van der Waals surface area contributed by atoms with Gasteiger partial charge in [-0.25, -0.2) is 0 Å². The Labute approximate surface area is 109 Å². The molecule has 100 valence electrons. The molecule has 2 rings (SSSR count). The van der Waals surface area contributed by atoms with Crippen molar-refractivity contribution in [2.45, 2.75) is 25.4 Å². The van der Waals surface area contributed by atoms with Gasteiger partial charge < -0.3 is 10.6 Å². The van der Waals surface area contributed by atoms with E-state index in [0.29, 0.717) is 5.69 Å². The van der Waals surface area contributed by atoms with E-state index in [-0.39, 0.29) is 5.69 Å². The second kappa shape index (κ2) is 4.88. The van der Waals surface area contributed by atoms with Crippen LogP contribution in [0.3, 0.4) is 0 Å². The maximum Gasteiger partial charge on any atom is 0.417 e. The van der Waals surface area contributed by atoms with Crippen LogP contribution < -0.4 is 10.6 Å². The third-order valence-electron chi connectivity index (χ3n) is 3.16. The molecular weight excluding hydrogens is 265 g/mol. The third-order valence-corrected chi connectivity index (χ3v) is 3.57. The monoisotopic (exact) mass is 278 g/mol. The van der Waals surface area contributed by atoms with Gasteiger partial charge in [0.2, 0.25) is 0 Å². The molecule has 0 aromatic heterocycles. The summed E-state index contributed by atoms with van der Waals surface area (Å²) >= 11 is 5.73. The van der Waals surface area contributed by atoms with Crippen molar-refractivity contribution in [2.75, 3.05) is 23.7 Å². The van der Waals surface area contributed by atoms with E-state index in [2.05, 4.69) is 0 Å². The fraction of sp³-hybridized carbons (Fsp3) is 0.500. The minimum Gasteiger partial charge on any atom is -0.396 e. The van der Waals surface area contributed by atoms with E-state index in [1.165, 1.54) is 6.07 Å². The molecule has 0 unspecified atom stereocenters. The van der Waals surface area contributed by atoms with Crippen molar-refractivity contribution in [3.8, 4) is 0 Å². The predicted molar refractivity (Wildman–Crippen MR) is 66.9 cm³/mol. The van der Waals surface area contributed by atoms with Gasteiger partial charge in [0.25, 0.3) is 0 Å². The Morgan fingerprint density at radius 1 is 1.11 bits per heavy atom. The first-order valence-corrected chi connectivity index (χ1v) is 6.19. The molecule has 1 saturated heterocycles. The molecule has 0 aliphatic carbocycles. The highest BCUT2D eigenvalue weighted by molar-refractivity contribution is 6.34. The van der Waals surface area contributed by atoms with Crippen molar-refractivity contribution in [1.82, 2.24) is 0 Å². The van der Waals surface area contributed by atoms with Crippen LogP contribution in [0.1, 0.15) is 24.8 Å². The highest BCUT2D eigenvalue weighted by Gasteiger charge is 2.34. The van der Waals surface area contributed by atoms with Gasteiger partial charge in [-0.1, -0.05) is 11.6 Å². The second-order valence-corrected chi connectivity index (χ2v) is 4.78. The molecule has 2 nitrogen and oxygen atoms in total. The number of anilines is 2. The van der Waals surface area contributed by atoms with Crippen LogP contribution in [-0.4, -0.2) is 13.1 Å². The number of halogens is 4. The molecule has 0 spiro atoms. The molecule has 6 heteroatoms. The van der Waals surface area contributed by atoms with Crippen LogP contribution in [0, 0.1) is 0 Å². The molecule has 1 aromatic rings. The zero-order chi connectivity index (χ0) is 13.3. The zero-order valence-corrected chi connectivity index (χ0v) is 10.5. The summed E-state index contributed by atoms with van der Waals surface area (Å²) in [7, 11) is 0. The van der Waals surface area contributed by atoms with E-state index in [4.69, 9.17) is 17.3 Å². The van der Waals surface area contributed by atoms with E-state index < -0.39 is 16.8 Å². The standard InChI is InChI=1S/C12H14ClF3N2/c13-10-8(12(14,15)16)4-5-9(11(10)17)18-6-2-1-3-7-18/h4-5H,1-3,6-7,17H2. The lowest BCUT2D eigenvalue weighted by molar-refractivity contribution is -0.137. The number of nitrogens with zero attached hydrogens (tertiary/aromatic N) is 1. The van der Waals surface area contributed by atoms with Crippen molar-refractivity contribution in [2.24, 2.45) is 0 Å². The molecular formula is C12H14ClF3N2. The molecule has 2 N–H and O–H groups in total. The van der Waals surface area contributed by atoms with Gasteiger partial charge in [-0.3, -0.25) is 0 Å².